The van der Waals surface area contributed by atoms with E-state index in [-0.39, 0.29) is 21.3 Å². The lowest BCUT2D eigenvalue weighted by molar-refractivity contribution is 0.133. The molecule has 0 spiro atoms. The smallest absolute Gasteiger partial charge is 0.262 e. The van der Waals surface area contributed by atoms with Gasteiger partial charge in [-0.05, 0) is 49.6 Å². The molecule has 29 heavy (non-hydrogen) atoms. The van der Waals surface area contributed by atoms with Gasteiger partial charge in [0.05, 0.1) is 21.7 Å². The van der Waals surface area contributed by atoms with E-state index >= 15 is 0 Å². The highest BCUT2D eigenvalue weighted by Crippen LogP contribution is 2.29. The quantitative estimate of drug-likeness (QED) is 0.613. The van der Waals surface area contributed by atoms with Crippen LogP contribution in [0.5, 0.6) is 0 Å². The Morgan fingerprint density at radius 1 is 1.00 bits per heavy atom. The first-order valence-electron chi connectivity index (χ1n) is 9.18. The molecule has 1 saturated carbocycles. The van der Waals surface area contributed by atoms with Crippen LogP contribution in [0.15, 0.2) is 47.4 Å². The minimum Gasteiger partial charge on any atom is -0.392 e. The van der Waals surface area contributed by atoms with Gasteiger partial charge < -0.3 is 5.11 Å². The Hall–Kier alpha value is -1.81. The average Bonchev–Trinajstić information content (AvgIpc) is 2.65. The molecule has 7 nitrogen and oxygen atoms in total. The minimum absolute atomic E-state index is 0.0678. The molecule has 1 fully saturated rings. The molecule has 0 amide bonds. The van der Waals surface area contributed by atoms with Gasteiger partial charge in [0.1, 0.15) is 5.25 Å². The zero-order valence-electron chi connectivity index (χ0n) is 15.8. The summed E-state index contributed by atoms with van der Waals surface area (Å²) in [4.78, 5) is -0.0678. The third-order valence-electron chi connectivity index (χ3n) is 4.92. The lowest BCUT2D eigenvalue weighted by atomic mass is 9.97. The number of halogens is 1. The topological polar surface area (TPSA) is 113 Å². The fourth-order valence-corrected chi connectivity index (χ4v) is 6.60. The SMILES string of the molecule is Cc1ccc(NS(=O)(=O)[C@H]2CCCC[C@@H]2O)cc1S(=O)(=O)Nc1ccccc1Cl. The maximum Gasteiger partial charge on any atom is 0.262 e. The van der Waals surface area contributed by atoms with Crippen molar-refractivity contribution in [3.8, 4) is 0 Å². The molecule has 2 aromatic carbocycles. The van der Waals surface area contributed by atoms with Gasteiger partial charge in [0, 0.05) is 5.69 Å². The second-order valence-electron chi connectivity index (χ2n) is 7.10. The summed E-state index contributed by atoms with van der Waals surface area (Å²) >= 11 is 6.03. The molecule has 0 heterocycles. The maximum absolute atomic E-state index is 12.9. The monoisotopic (exact) mass is 458 g/mol. The third-order valence-corrected chi connectivity index (χ3v) is 8.63. The molecule has 0 radical (unpaired) electrons. The number of anilines is 2. The van der Waals surface area contributed by atoms with Gasteiger partial charge in [0.2, 0.25) is 10.0 Å². The molecule has 1 aliphatic carbocycles. The van der Waals surface area contributed by atoms with Crippen LogP contribution < -0.4 is 9.44 Å². The van der Waals surface area contributed by atoms with E-state index in [0.29, 0.717) is 18.4 Å². The summed E-state index contributed by atoms with van der Waals surface area (Å²) in [5.74, 6) is 0. The summed E-state index contributed by atoms with van der Waals surface area (Å²) in [6, 6.07) is 10.7. The molecule has 2 atom stereocenters. The molecule has 3 rings (SSSR count). The van der Waals surface area contributed by atoms with E-state index in [1.165, 1.54) is 24.3 Å². The molecule has 1 aliphatic rings. The van der Waals surface area contributed by atoms with E-state index in [1.54, 1.807) is 25.1 Å². The van der Waals surface area contributed by atoms with Crippen LogP contribution in [-0.4, -0.2) is 33.3 Å². The molecule has 0 aromatic heterocycles. The number of benzene rings is 2. The Morgan fingerprint density at radius 3 is 2.38 bits per heavy atom. The van der Waals surface area contributed by atoms with Crippen molar-refractivity contribution < 1.29 is 21.9 Å². The summed E-state index contributed by atoms with van der Waals surface area (Å²) in [5.41, 5.74) is 0.794. The second kappa shape index (κ2) is 8.51. The molecule has 158 valence electrons. The van der Waals surface area contributed by atoms with Crippen LogP contribution in [0.2, 0.25) is 5.02 Å². The molecule has 0 bridgehead atoms. The Kier molecular flexibility index (Phi) is 6.42. The molecular weight excluding hydrogens is 436 g/mol. The number of aliphatic hydroxyl groups excluding tert-OH is 1. The lowest BCUT2D eigenvalue weighted by Gasteiger charge is -2.27. The highest BCUT2D eigenvalue weighted by Gasteiger charge is 2.34. The zero-order chi connectivity index (χ0) is 21.2. The van der Waals surface area contributed by atoms with Crippen LogP contribution in [0.1, 0.15) is 31.2 Å². The average molecular weight is 459 g/mol. The van der Waals surface area contributed by atoms with Crippen molar-refractivity contribution in [1.29, 1.82) is 0 Å². The molecule has 0 unspecified atom stereocenters. The van der Waals surface area contributed by atoms with Gasteiger partial charge in [-0.25, -0.2) is 16.8 Å². The molecule has 0 saturated heterocycles. The van der Waals surface area contributed by atoms with E-state index in [9.17, 15) is 21.9 Å². The van der Waals surface area contributed by atoms with Crippen molar-refractivity contribution >= 4 is 43.0 Å². The third kappa shape index (κ3) is 5.03. The number of nitrogens with one attached hydrogen (secondary N) is 2. The normalized spacial score (nSPS) is 20.2. The van der Waals surface area contributed by atoms with E-state index < -0.39 is 31.4 Å². The van der Waals surface area contributed by atoms with Gasteiger partial charge >= 0.3 is 0 Å². The summed E-state index contributed by atoms with van der Waals surface area (Å²) < 4.78 is 56.0. The van der Waals surface area contributed by atoms with Crippen molar-refractivity contribution in [3.05, 3.63) is 53.1 Å². The number of aliphatic hydroxyl groups is 1. The highest BCUT2D eigenvalue weighted by molar-refractivity contribution is 7.93. The first-order valence-corrected chi connectivity index (χ1v) is 12.6. The number of sulfonamides is 2. The van der Waals surface area contributed by atoms with Gasteiger partial charge in [-0.2, -0.15) is 0 Å². The van der Waals surface area contributed by atoms with E-state index in [4.69, 9.17) is 11.6 Å². The maximum atomic E-state index is 12.9. The number of rotatable bonds is 6. The van der Waals surface area contributed by atoms with Crippen molar-refractivity contribution in [2.75, 3.05) is 9.44 Å². The highest BCUT2D eigenvalue weighted by atomic mass is 35.5. The Balaban J connectivity index is 1.89. The summed E-state index contributed by atoms with van der Waals surface area (Å²) in [6.07, 6.45) is 1.37. The standard InChI is InChI=1S/C19H23ClN2O5S2/c1-13-10-11-14(21-28(24,25)18-9-5-4-8-17(18)23)12-19(13)29(26,27)22-16-7-3-2-6-15(16)20/h2-3,6-7,10-12,17-18,21-23H,4-5,8-9H2,1H3/t17-,18-/m0/s1. The predicted octanol–water partition coefficient (Wildman–Crippen LogP) is 3.49. The Labute approximate surface area is 176 Å². The van der Waals surface area contributed by atoms with Gasteiger partial charge in [-0.1, -0.05) is 42.6 Å². The summed E-state index contributed by atoms with van der Waals surface area (Å²) in [6.45, 7) is 1.62. The molecule has 3 N–H and O–H groups in total. The number of hydrogen-bond acceptors (Lipinski definition) is 5. The van der Waals surface area contributed by atoms with E-state index in [2.05, 4.69) is 9.44 Å². The fourth-order valence-electron chi connectivity index (χ4n) is 3.38. The lowest BCUT2D eigenvalue weighted by Crippen LogP contribution is -2.40. The molecular formula is C19H23ClN2O5S2. The van der Waals surface area contributed by atoms with Crippen molar-refractivity contribution in [2.45, 2.75) is 48.9 Å². The van der Waals surface area contributed by atoms with Crippen molar-refractivity contribution in [1.82, 2.24) is 0 Å². The van der Waals surface area contributed by atoms with Gasteiger partial charge in [-0.15, -0.1) is 0 Å². The molecule has 0 aliphatic heterocycles. The summed E-state index contributed by atoms with van der Waals surface area (Å²) in [5, 5.41) is 9.39. The number of hydrogen-bond donors (Lipinski definition) is 3. The van der Waals surface area contributed by atoms with Crippen LogP contribution in [0.25, 0.3) is 0 Å². The van der Waals surface area contributed by atoms with Gasteiger partial charge in [0.25, 0.3) is 10.0 Å². The van der Waals surface area contributed by atoms with Crippen molar-refractivity contribution in [3.63, 3.8) is 0 Å². The van der Waals surface area contributed by atoms with Crippen molar-refractivity contribution in [2.24, 2.45) is 0 Å². The van der Waals surface area contributed by atoms with Crippen LogP contribution >= 0.6 is 11.6 Å². The predicted molar refractivity (Wildman–Crippen MR) is 114 cm³/mol. The van der Waals surface area contributed by atoms with Gasteiger partial charge in [-0.3, -0.25) is 9.44 Å². The van der Waals surface area contributed by atoms with Gasteiger partial charge in [0.15, 0.2) is 0 Å². The van der Waals surface area contributed by atoms with E-state index in [1.807, 2.05) is 0 Å². The first-order chi connectivity index (χ1) is 13.6. The Morgan fingerprint density at radius 2 is 1.69 bits per heavy atom. The number of aryl methyl sites for hydroxylation is 1. The minimum atomic E-state index is -4.00. The van der Waals surface area contributed by atoms with E-state index in [0.717, 1.165) is 12.8 Å². The number of para-hydroxylation sites is 1. The zero-order valence-corrected chi connectivity index (χ0v) is 18.2. The molecule has 2 aromatic rings. The van der Waals surface area contributed by atoms with Crippen LogP contribution in [0, 0.1) is 6.92 Å². The van der Waals surface area contributed by atoms with Crippen LogP contribution in [0.3, 0.4) is 0 Å². The largest absolute Gasteiger partial charge is 0.392 e. The van der Waals surface area contributed by atoms with Crippen LogP contribution in [0.4, 0.5) is 11.4 Å². The second-order valence-corrected chi connectivity index (χ2v) is 11.1. The molecule has 10 heteroatoms. The first kappa shape index (κ1) is 21.9. The summed E-state index contributed by atoms with van der Waals surface area (Å²) in [7, 11) is -7.86. The Bertz CT molecular complexity index is 1100. The van der Waals surface area contributed by atoms with Crippen LogP contribution in [-0.2, 0) is 20.0 Å². The fraction of sp³-hybridized carbons (Fsp3) is 0.368.